The zero-order valence-corrected chi connectivity index (χ0v) is 19.5. The summed E-state index contributed by atoms with van der Waals surface area (Å²) >= 11 is 12.5. The van der Waals surface area contributed by atoms with Crippen molar-refractivity contribution < 1.29 is 0 Å². The molecule has 10 heteroatoms. The van der Waals surface area contributed by atoms with Crippen LogP contribution < -0.4 is 16.7 Å². The van der Waals surface area contributed by atoms with Crippen molar-refractivity contribution in [2.45, 2.75) is 18.9 Å². The van der Waals surface area contributed by atoms with Gasteiger partial charge < -0.3 is 16.0 Å². The lowest BCUT2D eigenvalue weighted by molar-refractivity contribution is 0.303. The molecule has 0 unspecified atom stereocenters. The van der Waals surface area contributed by atoms with E-state index in [1.54, 1.807) is 18.2 Å². The first-order chi connectivity index (χ1) is 15.8. The number of hydrogen-bond donors (Lipinski definition) is 2. The van der Waals surface area contributed by atoms with Gasteiger partial charge in [-0.3, -0.25) is 0 Å². The highest BCUT2D eigenvalue weighted by atomic mass is 35.5. The van der Waals surface area contributed by atoms with Crippen LogP contribution in [-0.2, 0) is 12.8 Å². The topological polar surface area (TPSA) is 102 Å². The van der Waals surface area contributed by atoms with E-state index >= 15 is 0 Å². The molecule has 1 aliphatic carbocycles. The fourth-order valence-corrected chi connectivity index (χ4v) is 4.72. The highest BCUT2D eigenvalue weighted by Gasteiger charge is 2.23. The molecule has 0 amide bonds. The lowest BCUT2D eigenvalue weighted by Gasteiger charge is -2.17. The minimum atomic E-state index is -0.632. The summed E-state index contributed by atoms with van der Waals surface area (Å²) in [6.07, 6.45) is 3.57. The third-order valence-corrected chi connectivity index (χ3v) is 6.55. The van der Waals surface area contributed by atoms with Crippen molar-refractivity contribution >= 4 is 51.7 Å². The number of hydrogen-bond acceptors (Lipinski definition) is 7. The Hall–Kier alpha value is -3.20. The molecule has 2 heterocycles. The Bertz CT molecular complexity index is 1430. The van der Waals surface area contributed by atoms with Crippen LogP contribution in [0.3, 0.4) is 0 Å². The largest absolute Gasteiger partial charge is 0.384 e. The standard InChI is InChI=1S/C23H21Cl2N7O/c1-31(2)15-9-12-6-7-14(8-13(12)10-15)28-22-27-11-16-20(26)32(23(33)30-21(16)29-22)19-17(24)4-3-5-18(19)25/h3-8,11,15H,9-10,26H2,1-2H3,(H,28,29,30,33)/t15-/m0/s1. The average molecular weight is 482 g/mol. The molecule has 1 atom stereocenters. The predicted molar refractivity (Wildman–Crippen MR) is 132 cm³/mol. The number of nitrogens with zero attached hydrogens (tertiary/aromatic N) is 5. The van der Waals surface area contributed by atoms with E-state index in [1.165, 1.54) is 21.9 Å². The lowest BCUT2D eigenvalue weighted by Crippen LogP contribution is -2.27. The average Bonchev–Trinajstić information content (AvgIpc) is 3.19. The molecule has 4 aromatic rings. The van der Waals surface area contributed by atoms with Gasteiger partial charge in [0.1, 0.15) is 5.82 Å². The van der Waals surface area contributed by atoms with Crippen molar-refractivity contribution in [1.29, 1.82) is 0 Å². The highest BCUT2D eigenvalue weighted by molar-refractivity contribution is 6.37. The quantitative estimate of drug-likeness (QED) is 0.456. The van der Waals surface area contributed by atoms with E-state index in [0.717, 1.165) is 18.5 Å². The van der Waals surface area contributed by atoms with E-state index in [4.69, 9.17) is 28.9 Å². The molecule has 33 heavy (non-hydrogen) atoms. The number of nitrogen functional groups attached to an aromatic ring is 1. The highest BCUT2D eigenvalue weighted by Crippen LogP contribution is 2.31. The third kappa shape index (κ3) is 3.90. The Kier molecular flexibility index (Phi) is 5.44. The number of aromatic nitrogens is 4. The first-order valence-corrected chi connectivity index (χ1v) is 11.1. The molecule has 0 fully saturated rings. The summed E-state index contributed by atoms with van der Waals surface area (Å²) in [6, 6.07) is 11.7. The van der Waals surface area contributed by atoms with Crippen molar-refractivity contribution in [3.63, 3.8) is 0 Å². The predicted octanol–water partition coefficient (Wildman–Crippen LogP) is 3.84. The van der Waals surface area contributed by atoms with Crippen molar-refractivity contribution in [1.82, 2.24) is 24.4 Å². The third-order valence-electron chi connectivity index (χ3n) is 5.94. The maximum Gasteiger partial charge on any atom is 0.355 e. The van der Waals surface area contributed by atoms with Crippen LogP contribution in [0.15, 0.2) is 47.4 Å². The second kappa shape index (κ2) is 8.30. The Morgan fingerprint density at radius 2 is 1.82 bits per heavy atom. The van der Waals surface area contributed by atoms with E-state index in [1.807, 2.05) is 6.07 Å². The van der Waals surface area contributed by atoms with Crippen molar-refractivity contribution in [3.8, 4) is 5.69 Å². The van der Waals surface area contributed by atoms with Crippen LogP contribution in [0.2, 0.25) is 10.0 Å². The van der Waals surface area contributed by atoms with Crippen LogP contribution in [0.5, 0.6) is 0 Å². The first kappa shape index (κ1) is 21.6. The van der Waals surface area contributed by atoms with Gasteiger partial charge in [0, 0.05) is 17.9 Å². The number of nitrogens with one attached hydrogen (secondary N) is 1. The van der Waals surface area contributed by atoms with Gasteiger partial charge in [0.05, 0.1) is 21.1 Å². The molecule has 0 saturated carbocycles. The fourth-order valence-electron chi connectivity index (χ4n) is 4.15. The molecule has 1 aliphatic rings. The second-order valence-corrected chi connectivity index (χ2v) is 9.06. The molecule has 0 bridgehead atoms. The Morgan fingerprint density at radius 3 is 2.55 bits per heavy atom. The van der Waals surface area contributed by atoms with Gasteiger partial charge in [-0.2, -0.15) is 9.97 Å². The Labute approximate surface area is 200 Å². The monoisotopic (exact) mass is 481 g/mol. The Balaban J connectivity index is 1.50. The minimum absolute atomic E-state index is 0.110. The normalized spacial score (nSPS) is 15.2. The van der Waals surface area contributed by atoms with Crippen LogP contribution in [0.4, 0.5) is 17.5 Å². The summed E-state index contributed by atoms with van der Waals surface area (Å²) in [5.74, 6) is 0.434. The minimum Gasteiger partial charge on any atom is -0.384 e. The van der Waals surface area contributed by atoms with Crippen LogP contribution in [-0.4, -0.2) is 44.6 Å². The molecule has 2 aromatic heterocycles. The summed E-state index contributed by atoms with van der Waals surface area (Å²) in [7, 11) is 4.20. The zero-order valence-electron chi connectivity index (χ0n) is 18.0. The van der Waals surface area contributed by atoms with Crippen LogP contribution >= 0.6 is 23.2 Å². The maximum atomic E-state index is 12.8. The van der Waals surface area contributed by atoms with Gasteiger partial charge in [-0.05, 0) is 62.3 Å². The van der Waals surface area contributed by atoms with Crippen LogP contribution in [0, 0.1) is 0 Å². The van der Waals surface area contributed by atoms with Gasteiger partial charge >= 0.3 is 5.69 Å². The molecule has 168 valence electrons. The van der Waals surface area contributed by atoms with Crippen molar-refractivity contribution in [3.05, 3.63) is 74.3 Å². The number of halogens is 2. The van der Waals surface area contributed by atoms with E-state index < -0.39 is 5.69 Å². The summed E-state index contributed by atoms with van der Waals surface area (Å²) in [5.41, 5.74) is 9.65. The summed E-state index contributed by atoms with van der Waals surface area (Å²) in [5, 5.41) is 4.19. The molecule has 2 aromatic carbocycles. The number of rotatable bonds is 4. The molecular weight excluding hydrogens is 461 g/mol. The molecular formula is C23H21Cl2N7O. The van der Waals surface area contributed by atoms with Gasteiger partial charge in [-0.25, -0.2) is 14.3 Å². The molecule has 3 N–H and O–H groups in total. The molecule has 0 radical (unpaired) electrons. The Morgan fingerprint density at radius 1 is 1.09 bits per heavy atom. The smallest absolute Gasteiger partial charge is 0.355 e. The number of fused-ring (bicyclic) bond motifs is 2. The molecule has 0 aliphatic heterocycles. The van der Waals surface area contributed by atoms with Crippen molar-refractivity contribution in [2.75, 3.05) is 25.1 Å². The van der Waals surface area contributed by atoms with E-state index in [-0.39, 0.29) is 27.2 Å². The lowest BCUT2D eigenvalue weighted by atomic mass is 10.1. The maximum absolute atomic E-state index is 12.8. The molecule has 5 rings (SSSR count). The number of benzene rings is 2. The summed E-state index contributed by atoms with van der Waals surface area (Å²) in [4.78, 5) is 27.9. The number of anilines is 3. The zero-order chi connectivity index (χ0) is 23.3. The van der Waals surface area contributed by atoms with E-state index in [2.05, 4.69) is 51.4 Å². The first-order valence-electron chi connectivity index (χ1n) is 10.4. The molecule has 0 saturated heterocycles. The van der Waals surface area contributed by atoms with Gasteiger partial charge in [0.15, 0.2) is 5.65 Å². The second-order valence-electron chi connectivity index (χ2n) is 8.25. The van der Waals surface area contributed by atoms with Gasteiger partial charge in [0.25, 0.3) is 0 Å². The van der Waals surface area contributed by atoms with Crippen LogP contribution in [0.25, 0.3) is 16.7 Å². The fraction of sp³-hybridized carbons (Fsp3) is 0.217. The van der Waals surface area contributed by atoms with E-state index in [0.29, 0.717) is 17.4 Å². The van der Waals surface area contributed by atoms with Crippen LogP contribution in [0.1, 0.15) is 11.1 Å². The van der Waals surface area contributed by atoms with Gasteiger partial charge in [-0.15, -0.1) is 0 Å². The summed E-state index contributed by atoms with van der Waals surface area (Å²) in [6.45, 7) is 0. The van der Waals surface area contributed by atoms with Crippen molar-refractivity contribution in [2.24, 2.45) is 0 Å². The van der Waals surface area contributed by atoms with Gasteiger partial charge in [-0.1, -0.05) is 35.3 Å². The number of likely N-dealkylation sites (N-methyl/N-ethyl adjacent to an activating group) is 1. The molecule has 8 nitrogen and oxygen atoms in total. The van der Waals surface area contributed by atoms with Gasteiger partial charge in [0.2, 0.25) is 5.95 Å². The number of nitrogens with two attached hydrogens (primary N) is 1. The molecule has 0 spiro atoms. The summed E-state index contributed by atoms with van der Waals surface area (Å²) < 4.78 is 1.17. The number of para-hydroxylation sites is 1. The van der Waals surface area contributed by atoms with E-state index in [9.17, 15) is 4.79 Å². The SMILES string of the molecule is CN(C)[C@H]1Cc2ccc(Nc3ncc4c(N)n(-c5c(Cl)cccc5Cl)c(=O)nc4n3)cc2C1.